The molecule has 2 heterocycles. The minimum atomic E-state index is -3.42. The quantitative estimate of drug-likeness (QED) is 0.848. The van der Waals surface area contributed by atoms with Crippen LogP contribution in [-0.4, -0.2) is 49.7 Å². The number of hydrogen-bond acceptors (Lipinski definition) is 3. The molecule has 0 unspecified atom stereocenters. The highest BCUT2D eigenvalue weighted by molar-refractivity contribution is 7.89. The fraction of sp³-hybridized carbons (Fsp3) is 0.588. The smallest absolute Gasteiger partial charge is 0.243 e. The van der Waals surface area contributed by atoms with Crippen LogP contribution >= 0.6 is 0 Å². The molecule has 0 bridgehead atoms. The molecule has 0 atom stereocenters. The summed E-state index contributed by atoms with van der Waals surface area (Å²) in [6.07, 6.45) is 2.10. The molecule has 0 N–H and O–H groups in total. The van der Waals surface area contributed by atoms with Crippen molar-refractivity contribution in [3.63, 3.8) is 0 Å². The van der Waals surface area contributed by atoms with Crippen molar-refractivity contribution >= 4 is 15.9 Å². The normalized spacial score (nSPS) is 22.0. The summed E-state index contributed by atoms with van der Waals surface area (Å²) >= 11 is 0. The van der Waals surface area contributed by atoms with Gasteiger partial charge in [-0.2, -0.15) is 4.31 Å². The number of amides is 1. The van der Waals surface area contributed by atoms with Crippen LogP contribution in [0.5, 0.6) is 0 Å². The number of sulfonamides is 1. The number of aryl methyl sites for hydroxylation is 1. The van der Waals surface area contributed by atoms with Gasteiger partial charge in [0.1, 0.15) is 0 Å². The van der Waals surface area contributed by atoms with Gasteiger partial charge in [-0.05, 0) is 44.2 Å². The number of hydrogen-bond donors (Lipinski definition) is 0. The molecule has 23 heavy (non-hydrogen) atoms. The molecule has 126 valence electrons. The Hall–Kier alpha value is -1.40. The number of likely N-dealkylation sites (tertiary alicyclic amines) is 1. The van der Waals surface area contributed by atoms with Crippen molar-refractivity contribution < 1.29 is 13.2 Å². The fourth-order valence-electron chi connectivity index (χ4n) is 3.66. The Morgan fingerprint density at radius 1 is 1.13 bits per heavy atom. The second-order valence-electron chi connectivity index (χ2n) is 6.80. The Labute approximate surface area is 138 Å². The molecule has 0 radical (unpaired) electrons. The van der Waals surface area contributed by atoms with Crippen LogP contribution in [0, 0.1) is 12.3 Å². The Balaban J connectivity index is 1.72. The van der Waals surface area contributed by atoms with E-state index in [9.17, 15) is 13.2 Å². The Morgan fingerprint density at radius 2 is 1.74 bits per heavy atom. The predicted molar refractivity (Wildman–Crippen MR) is 88.5 cm³/mol. The summed E-state index contributed by atoms with van der Waals surface area (Å²) in [6.45, 7) is 6.46. The zero-order valence-corrected chi connectivity index (χ0v) is 14.6. The van der Waals surface area contributed by atoms with Crippen molar-refractivity contribution in [1.29, 1.82) is 0 Å². The summed E-state index contributed by atoms with van der Waals surface area (Å²) < 4.78 is 27.0. The third-order valence-electron chi connectivity index (χ3n) is 5.23. The average molecular weight is 336 g/mol. The first-order chi connectivity index (χ1) is 10.9. The standard InChI is InChI=1S/C17H24N2O3S/c1-3-18-13-17(12-16(18)20)8-10-19(11-9-17)23(21,22)15-6-4-14(2)5-7-15/h4-7H,3,8-13H2,1-2H3. The second kappa shape index (κ2) is 5.91. The average Bonchev–Trinajstić information content (AvgIpc) is 2.83. The highest BCUT2D eigenvalue weighted by atomic mass is 32.2. The molecule has 0 aliphatic carbocycles. The van der Waals surface area contributed by atoms with Crippen LogP contribution < -0.4 is 0 Å². The predicted octanol–water partition coefficient (Wildman–Crippen LogP) is 2.02. The zero-order valence-electron chi connectivity index (χ0n) is 13.8. The number of rotatable bonds is 3. The van der Waals surface area contributed by atoms with Crippen molar-refractivity contribution in [3.8, 4) is 0 Å². The van der Waals surface area contributed by atoms with E-state index in [-0.39, 0.29) is 11.3 Å². The Kier molecular flexibility index (Phi) is 4.23. The summed E-state index contributed by atoms with van der Waals surface area (Å²) in [7, 11) is -3.42. The van der Waals surface area contributed by atoms with Crippen LogP contribution in [0.2, 0.25) is 0 Å². The van der Waals surface area contributed by atoms with Gasteiger partial charge < -0.3 is 4.90 Å². The van der Waals surface area contributed by atoms with Gasteiger partial charge in [0.05, 0.1) is 4.90 Å². The van der Waals surface area contributed by atoms with Gasteiger partial charge in [-0.3, -0.25) is 4.79 Å². The van der Waals surface area contributed by atoms with Crippen LogP contribution in [0.3, 0.4) is 0 Å². The van der Waals surface area contributed by atoms with E-state index in [2.05, 4.69) is 0 Å². The van der Waals surface area contributed by atoms with E-state index in [0.717, 1.165) is 31.5 Å². The van der Waals surface area contributed by atoms with Gasteiger partial charge in [0.25, 0.3) is 0 Å². The highest BCUT2D eigenvalue weighted by Crippen LogP contribution is 2.41. The molecule has 1 spiro atoms. The van der Waals surface area contributed by atoms with Crippen molar-refractivity contribution in [2.24, 2.45) is 5.41 Å². The summed E-state index contributed by atoms with van der Waals surface area (Å²) in [5.74, 6) is 0.211. The topological polar surface area (TPSA) is 57.7 Å². The first-order valence-corrected chi connectivity index (χ1v) is 9.65. The first kappa shape index (κ1) is 16.5. The van der Waals surface area contributed by atoms with Gasteiger partial charge in [-0.1, -0.05) is 17.7 Å². The van der Waals surface area contributed by atoms with Crippen molar-refractivity contribution in [2.75, 3.05) is 26.2 Å². The van der Waals surface area contributed by atoms with Gasteiger partial charge in [0.15, 0.2) is 0 Å². The highest BCUT2D eigenvalue weighted by Gasteiger charge is 2.45. The molecular weight excluding hydrogens is 312 g/mol. The molecule has 0 saturated carbocycles. The van der Waals surface area contributed by atoms with E-state index in [1.165, 1.54) is 0 Å². The van der Waals surface area contributed by atoms with Gasteiger partial charge >= 0.3 is 0 Å². The van der Waals surface area contributed by atoms with E-state index in [1.807, 2.05) is 30.9 Å². The summed E-state index contributed by atoms with van der Waals surface area (Å²) in [5.41, 5.74) is 1.03. The molecule has 1 aromatic rings. The van der Waals surface area contributed by atoms with Gasteiger partial charge in [-0.15, -0.1) is 0 Å². The van der Waals surface area contributed by atoms with Gasteiger partial charge in [-0.25, -0.2) is 8.42 Å². The maximum absolute atomic E-state index is 12.7. The van der Waals surface area contributed by atoms with Crippen LogP contribution in [0.15, 0.2) is 29.2 Å². The van der Waals surface area contributed by atoms with Crippen LogP contribution in [-0.2, 0) is 14.8 Å². The molecule has 1 aromatic carbocycles. The molecular formula is C17H24N2O3S. The lowest BCUT2D eigenvalue weighted by Crippen LogP contribution is -2.44. The fourth-order valence-corrected chi connectivity index (χ4v) is 5.11. The molecule has 1 amide bonds. The largest absolute Gasteiger partial charge is 0.342 e. The number of nitrogens with zero attached hydrogens (tertiary/aromatic N) is 2. The third-order valence-corrected chi connectivity index (χ3v) is 7.14. The van der Waals surface area contributed by atoms with E-state index >= 15 is 0 Å². The number of piperidine rings is 1. The lowest BCUT2D eigenvalue weighted by molar-refractivity contribution is -0.127. The first-order valence-electron chi connectivity index (χ1n) is 8.21. The van der Waals surface area contributed by atoms with E-state index < -0.39 is 10.0 Å². The van der Waals surface area contributed by atoms with E-state index in [4.69, 9.17) is 0 Å². The third kappa shape index (κ3) is 3.02. The summed E-state index contributed by atoms with van der Waals surface area (Å²) in [5, 5.41) is 0. The lowest BCUT2D eigenvalue weighted by Gasteiger charge is -2.38. The van der Waals surface area contributed by atoms with E-state index in [1.54, 1.807) is 16.4 Å². The number of carbonyl (C=O) groups excluding carboxylic acids is 1. The molecule has 2 aliphatic heterocycles. The molecule has 0 aromatic heterocycles. The number of benzene rings is 1. The minimum Gasteiger partial charge on any atom is -0.342 e. The Bertz CT molecular complexity index is 689. The van der Waals surface area contributed by atoms with Gasteiger partial charge in [0, 0.05) is 32.6 Å². The van der Waals surface area contributed by atoms with Crippen LogP contribution in [0.1, 0.15) is 31.7 Å². The Morgan fingerprint density at radius 3 is 2.26 bits per heavy atom. The van der Waals surface area contributed by atoms with Gasteiger partial charge in [0.2, 0.25) is 15.9 Å². The molecule has 3 rings (SSSR count). The molecule has 2 saturated heterocycles. The second-order valence-corrected chi connectivity index (χ2v) is 8.74. The maximum atomic E-state index is 12.7. The maximum Gasteiger partial charge on any atom is 0.243 e. The monoisotopic (exact) mass is 336 g/mol. The molecule has 2 aliphatic rings. The number of carbonyl (C=O) groups is 1. The van der Waals surface area contributed by atoms with Crippen LogP contribution in [0.4, 0.5) is 0 Å². The molecule has 5 nitrogen and oxygen atoms in total. The molecule has 2 fully saturated rings. The van der Waals surface area contributed by atoms with Crippen LogP contribution in [0.25, 0.3) is 0 Å². The summed E-state index contributed by atoms with van der Waals surface area (Å²) in [6, 6.07) is 7.00. The minimum absolute atomic E-state index is 0.0214. The SMILES string of the molecule is CCN1CC2(CCN(S(=O)(=O)c3ccc(C)cc3)CC2)CC1=O. The summed E-state index contributed by atoms with van der Waals surface area (Å²) in [4.78, 5) is 14.3. The molecule has 6 heteroatoms. The van der Waals surface area contributed by atoms with E-state index in [0.29, 0.717) is 24.4 Å². The van der Waals surface area contributed by atoms with Crippen molar-refractivity contribution in [1.82, 2.24) is 9.21 Å². The zero-order chi connectivity index (χ0) is 16.7. The van der Waals surface area contributed by atoms with Crippen molar-refractivity contribution in [3.05, 3.63) is 29.8 Å². The lowest BCUT2D eigenvalue weighted by atomic mass is 9.78. The van der Waals surface area contributed by atoms with Crippen molar-refractivity contribution in [2.45, 2.75) is 38.0 Å².